The lowest BCUT2D eigenvalue weighted by Crippen LogP contribution is -2.53. The molecule has 4 nitrogen and oxygen atoms in total. The summed E-state index contributed by atoms with van der Waals surface area (Å²) in [6, 6.07) is 2.14. The monoisotopic (exact) mass is 294 g/mol. The molecule has 0 radical (unpaired) electrons. The van der Waals surface area contributed by atoms with E-state index in [0.29, 0.717) is 13.0 Å². The van der Waals surface area contributed by atoms with Gasteiger partial charge in [0.1, 0.15) is 5.54 Å². The molecule has 1 aromatic heterocycles. The van der Waals surface area contributed by atoms with Crippen LogP contribution in [0.2, 0.25) is 0 Å². The van der Waals surface area contributed by atoms with Crippen molar-refractivity contribution in [1.29, 1.82) is 0 Å². The molecule has 1 unspecified atom stereocenters. The van der Waals surface area contributed by atoms with Crippen molar-refractivity contribution in [2.24, 2.45) is 0 Å². The summed E-state index contributed by atoms with van der Waals surface area (Å²) in [6.45, 7) is 10.2. The molecule has 1 fully saturated rings. The van der Waals surface area contributed by atoms with Crippen molar-refractivity contribution in [2.75, 3.05) is 6.54 Å². The first-order chi connectivity index (χ1) is 9.22. The predicted molar refractivity (Wildman–Crippen MR) is 80.8 cm³/mol. The van der Waals surface area contributed by atoms with Crippen molar-refractivity contribution < 1.29 is 9.59 Å². The minimum atomic E-state index is -0.833. The number of nitrogens with one attached hydrogen (secondary N) is 1. The largest absolute Gasteiger partial charge is 0.342 e. The van der Waals surface area contributed by atoms with Gasteiger partial charge in [-0.15, -0.1) is 11.3 Å². The number of amides is 2. The standard InChI is InChI=1S/C15H22N2O2S/c1-9-8-12(11(3)20-9)10(2)17-7-6-13(18)16-15(4,5)14(17)19/h8,10H,6-7H2,1-5H3,(H,16,18). The number of carbonyl (C=O) groups is 2. The molecule has 0 bridgehead atoms. The fraction of sp³-hybridized carbons (Fsp3) is 0.600. The molecule has 1 saturated heterocycles. The zero-order chi connectivity index (χ0) is 15.1. The van der Waals surface area contributed by atoms with Gasteiger partial charge in [-0.05, 0) is 46.2 Å². The topological polar surface area (TPSA) is 49.4 Å². The predicted octanol–water partition coefficient (Wildman–Crippen LogP) is 2.55. The van der Waals surface area contributed by atoms with Crippen LogP contribution in [-0.4, -0.2) is 28.8 Å². The minimum absolute atomic E-state index is 0.000532. The van der Waals surface area contributed by atoms with Crippen LogP contribution in [0.3, 0.4) is 0 Å². The van der Waals surface area contributed by atoms with Gasteiger partial charge < -0.3 is 10.2 Å². The van der Waals surface area contributed by atoms with E-state index < -0.39 is 5.54 Å². The molecule has 2 rings (SSSR count). The van der Waals surface area contributed by atoms with Gasteiger partial charge >= 0.3 is 0 Å². The van der Waals surface area contributed by atoms with Crippen LogP contribution in [0.4, 0.5) is 0 Å². The quantitative estimate of drug-likeness (QED) is 0.911. The van der Waals surface area contributed by atoms with Crippen molar-refractivity contribution in [2.45, 2.75) is 52.6 Å². The first-order valence-electron chi connectivity index (χ1n) is 6.91. The van der Waals surface area contributed by atoms with Gasteiger partial charge in [0.2, 0.25) is 11.8 Å². The Labute approximate surface area is 124 Å². The van der Waals surface area contributed by atoms with Crippen LogP contribution < -0.4 is 5.32 Å². The molecule has 1 N–H and O–H groups in total. The fourth-order valence-corrected chi connectivity index (χ4v) is 3.77. The van der Waals surface area contributed by atoms with Crippen LogP contribution in [0.15, 0.2) is 6.07 Å². The Balaban J connectivity index is 2.33. The van der Waals surface area contributed by atoms with E-state index in [-0.39, 0.29) is 17.9 Å². The van der Waals surface area contributed by atoms with E-state index >= 15 is 0 Å². The summed E-state index contributed by atoms with van der Waals surface area (Å²) in [7, 11) is 0. The third-order valence-electron chi connectivity index (χ3n) is 3.82. The van der Waals surface area contributed by atoms with E-state index in [1.807, 2.05) is 11.8 Å². The molecular weight excluding hydrogens is 272 g/mol. The lowest BCUT2D eigenvalue weighted by atomic mass is 10.0. The number of hydrogen-bond donors (Lipinski definition) is 1. The van der Waals surface area contributed by atoms with E-state index in [4.69, 9.17) is 0 Å². The summed E-state index contributed by atoms with van der Waals surface area (Å²) in [5.74, 6) is -0.0737. The summed E-state index contributed by atoms with van der Waals surface area (Å²) < 4.78 is 0. The smallest absolute Gasteiger partial charge is 0.248 e. The second-order valence-electron chi connectivity index (χ2n) is 5.97. The Morgan fingerprint density at radius 1 is 1.35 bits per heavy atom. The number of thiophene rings is 1. The Kier molecular flexibility index (Phi) is 3.91. The molecule has 0 saturated carbocycles. The van der Waals surface area contributed by atoms with E-state index in [0.717, 1.165) is 0 Å². The van der Waals surface area contributed by atoms with Crippen LogP contribution in [0.1, 0.15) is 48.6 Å². The average molecular weight is 294 g/mol. The van der Waals surface area contributed by atoms with Crippen molar-refractivity contribution in [3.63, 3.8) is 0 Å². The second kappa shape index (κ2) is 5.20. The van der Waals surface area contributed by atoms with E-state index in [1.165, 1.54) is 15.3 Å². The first-order valence-corrected chi connectivity index (χ1v) is 7.73. The maximum absolute atomic E-state index is 12.7. The highest BCUT2D eigenvalue weighted by Crippen LogP contribution is 2.31. The maximum Gasteiger partial charge on any atom is 0.248 e. The Bertz CT molecular complexity index is 548. The number of nitrogens with zero attached hydrogens (tertiary/aromatic N) is 1. The highest BCUT2D eigenvalue weighted by Gasteiger charge is 2.38. The molecule has 20 heavy (non-hydrogen) atoms. The molecule has 1 aliphatic heterocycles. The van der Waals surface area contributed by atoms with Crippen LogP contribution >= 0.6 is 11.3 Å². The highest BCUT2D eigenvalue weighted by molar-refractivity contribution is 7.12. The molecule has 2 heterocycles. The van der Waals surface area contributed by atoms with E-state index in [1.54, 1.807) is 25.2 Å². The zero-order valence-electron chi connectivity index (χ0n) is 12.7. The normalized spacial score (nSPS) is 20.6. The Hall–Kier alpha value is -1.36. The lowest BCUT2D eigenvalue weighted by molar-refractivity contribution is -0.139. The third kappa shape index (κ3) is 2.73. The van der Waals surface area contributed by atoms with Crippen LogP contribution in [0.25, 0.3) is 0 Å². The van der Waals surface area contributed by atoms with Crippen molar-refractivity contribution in [3.8, 4) is 0 Å². The number of rotatable bonds is 2. The van der Waals surface area contributed by atoms with Gasteiger partial charge in [0, 0.05) is 22.7 Å². The number of hydrogen-bond acceptors (Lipinski definition) is 3. The molecule has 0 aliphatic carbocycles. The summed E-state index contributed by atoms with van der Waals surface area (Å²) in [5, 5.41) is 2.80. The van der Waals surface area contributed by atoms with E-state index in [2.05, 4.69) is 25.2 Å². The maximum atomic E-state index is 12.7. The average Bonchev–Trinajstić information content (AvgIpc) is 2.62. The van der Waals surface area contributed by atoms with Gasteiger partial charge in [0.25, 0.3) is 0 Å². The number of aryl methyl sites for hydroxylation is 2. The minimum Gasteiger partial charge on any atom is -0.342 e. The van der Waals surface area contributed by atoms with Crippen LogP contribution in [0.5, 0.6) is 0 Å². The molecule has 5 heteroatoms. The van der Waals surface area contributed by atoms with E-state index in [9.17, 15) is 9.59 Å². The highest BCUT2D eigenvalue weighted by atomic mass is 32.1. The fourth-order valence-electron chi connectivity index (χ4n) is 2.75. The Morgan fingerprint density at radius 2 is 2.00 bits per heavy atom. The number of carbonyl (C=O) groups excluding carboxylic acids is 2. The van der Waals surface area contributed by atoms with Crippen molar-refractivity contribution in [1.82, 2.24) is 10.2 Å². The van der Waals surface area contributed by atoms with Crippen LogP contribution in [-0.2, 0) is 9.59 Å². The summed E-state index contributed by atoms with van der Waals surface area (Å²) >= 11 is 1.75. The zero-order valence-corrected chi connectivity index (χ0v) is 13.6. The lowest BCUT2D eigenvalue weighted by Gasteiger charge is -2.33. The molecule has 110 valence electrons. The first kappa shape index (κ1) is 15.0. The van der Waals surface area contributed by atoms with Gasteiger partial charge in [-0.3, -0.25) is 9.59 Å². The molecule has 2 amide bonds. The Morgan fingerprint density at radius 3 is 2.55 bits per heavy atom. The molecular formula is C15H22N2O2S. The van der Waals surface area contributed by atoms with Gasteiger partial charge in [-0.1, -0.05) is 0 Å². The molecule has 0 spiro atoms. The molecule has 1 aromatic rings. The van der Waals surface area contributed by atoms with Gasteiger partial charge in [-0.25, -0.2) is 0 Å². The SMILES string of the molecule is Cc1cc(C(C)N2CCC(=O)NC(C)(C)C2=O)c(C)s1. The van der Waals surface area contributed by atoms with Gasteiger partial charge in [-0.2, -0.15) is 0 Å². The van der Waals surface area contributed by atoms with Gasteiger partial charge in [0.05, 0.1) is 6.04 Å². The molecule has 1 aliphatic rings. The summed E-state index contributed by atoms with van der Waals surface area (Å²) in [5.41, 5.74) is 0.354. The van der Waals surface area contributed by atoms with Gasteiger partial charge in [0.15, 0.2) is 0 Å². The summed E-state index contributed by atoms with van der Waals surface area (Å²) in [6.07, 6.45) is 0.363. The molecule has 0 aromatic carbocycles. The third-order valence-corrected chi connectivity index (χ3v) is 4.81. The summed E-state index contributed by atoms with van der Waals surface area (Å²) in [4.78, 5) is 28.7. The second-order valence-corrected chi connectivity index (χ2v) is 7.43. The van der Waals surface area contributed by atoms with Crippen LogP contribution in [0, 0.1) is 13.8 Å². The van der Waals surface area contributed by atoms with Crippen molar-refractivity contribution >= 4 is 23.2 Å². The molecule has 1 atom stereocenters. The van der Waals surface area contributed by atoms with Crippen molar-refractivity contribution in [3.05, 3.63) is 21.4 Å².